The lowest BCUT2D eigenvalue weighted by atomic mass is 9.82. The van der Waals surface area contributed by atoms with E-state index in [2.05, 4.69) is 47.8 Å². The Morgan fingerprint density at radius 3 is 2.70 bits per heavy atom. The molecular formula is C26H37N7O3S. The summed E-state index contributed by atoms with van der Waals surface area (Å²) in [6, 6.07) is 10.6. The molecule has 5 rings (SSSR count). The van der Waals surface area contributed by atoms with E-state index in [9.17, 15) is 8.42 Å². The molecule has 1 saturated carbocycles. The molecule has 2 atom stereocenters. The zero-order chi connectivity index (χ0) is 25.8. The van der Waals surface area contributed by atoms with Crippen LogP contribution >= 0.6 is 0 Å². The summed E-state index contributed by atoms with van der Waals surface area (Å²) >= 11 is 0. The molecule has 3 aromatic rings. The van der Waals surface area contributed by atoms with Crippen LogP contribution in [0.1, 0.15) is 43.6 Å². The molecule has 0 bridgehead atoms. The van der Waals surface area contributed by atoms with E-state index in [0.29, 0.717) is 19.1 Å². The number of anilines is 1. The molecule has 200 valence electrons. The average molecular weight is 528 g/mol. The van der Waals surface area contributed by atoms with Crippen LogP contribution in [0.5, 0.6) is 0 Å². The maximum absolute atomic E-state index is 12.0. The van der Waals surface area contributed by atoms with Gasteiger partial charge in [-0.15, -0.1) is 5.10 Å². The number of benzene rings is 1. The summed E-state index contributed by atoms with van der Waals surface area (Å²) in [5.74, 6) is 1.79. The van der Waals surface area contributed by atoms with Crippen molar-refractivity contribution in [1.82, 2.24) is 29.4 Å². The van der Waals surface area contributed by atoms with Crippen molar-refractivity contribution < 1.29 is 13.2 Å². The third-order valence-corrected chi connectivity index (χ3v) is 9.12. The van der Waals surface area contributed by atoms with Crippen molar-refractivity contribution in [2.24, 2.45) is 18.9 Å². The van der Waals surface area contributed by atoms with E-state index in [1.54, 1.807) is 6.20 Å². The Balaban J connectivity index is 1.18. The minimum Gasteiger partial charge on any atom is -0.378 e. The molecule has 2 N–H and O–H groups in total. The molecule has 37 heavy (non-hydrogen) atoms. The monoisotopic (exact) mass is 527 g/mol. The minimum atomic E-state index is -3.47. The van der Waals surface area contributed by atoms with Crippen LogP contribution in [0, 0.1) is 11.8 Å². The van der Waals surface area contributed by atoms with Gasteiger partial charge in [0.2, 0.25) is 0 Å². The zero-order valence-electron chi connectivity index (χ0n) is 21.6. The van der Waals surface area contributed by atoms with Gasteiger partial charge < -0.3 is 9.64 Å². The topological polar surface area (TPSA) is 114 Å². The van der Waals surface area contributed by atoms with Crippen LogP contribution in [0.2, 0.25) is 0 Å². The molecule has 0 unspecified atom stereocenters. The smallest absolute Gasteiger partial charge is 0.276 e. The summed E-state index contributed by atoms with van der Waals surface area (Å²) in [5.41, 5.74) is 2.55. The summed E-state index contributed by atoms with van der Waals surface area (Å²) in [4.78, 5) is 2.23. The SMILES string of the molecule is CNS(=O)(=O)NC[C@H]1CCN(c2cccnn2)C[C@H]1COC1CCC(c2ccc3c(cnn3C)c2)CC1. The second kappa shape index (κ2) is 11.4. The van der Waals surface area contributed by atoms with Gasteiger partial charge >= 0.3 is 0 Å². The molecule has 2 aliphatic rings. The van der Waals surface area contributed by atoms with Crippen molar-refractivity contribution >= 4 is 26.9 Å². The second-order valence-corrected chi connectivity index (χ2v) is 12.0. The van der Waals surface area contributed by atoms with Crippen LogP contribution < -0.4 is 14.3 Å². The highest BCUT2D eigenvalue weighted by Gasteiger charge is 2.32. The summed E-state index contributed by atoms with van der Waals surface area (Å²) < 4.78 is 37.4. The predicted molar refractivity (Wildman–Crippen MR) is 143 cm³/mol. The first kappa shape index (κ1) is 26.0. The second-order valence-electron chi connectivity index (χ2n) is 10.3. The number of hydrogen-bond acceptors (Lipinski definition) is 7. The molecule has 10 nitrogen and oxygen atoms in total. The first-order valence-electron chi connectivity index (χ1n) is 13.2. The predicted octanol–water partition coefficient (Wildman–Crippen LogP) is 2.60. The number of rotatable bonds is 9. The number of fused-ring (bicyclic) bond motifs is 1. The highest BCUT2D eigenvalue weighted by molar-refractivity contribution is 7.87. The molecule has 2 aromatic heterocycles. The van der Waals surface area contributed by atoms with Crippen molar-refractivity contribution in [1.29, 1.82) is 0 Å². The Hall–Kier alpha value is -2.60. The van der Waals surface area contributed by atoms with E-state index in [4.69, 9.17) is 4.74 Å². The zero-order valence-corrected chi connectivity index (χ0v) is 22.4. The molecule has 0 spiro atoms. The normalized spacial score (nSPS) is 25.0. The fraction of sp³-hybridized carbons (Fsp3) is 0.577. The van der Waals surface area contributed by atoms with Crippen molar-refractivity contribution in [3.63, 3.8) is 0 Å². The lowest BCUT2D eigenvalue weighted by molar-refractivity contribution is -0.00828. The van der Waals surface area contributed by atoms with Gasteiger partial charge in [-0.1, -0.05) is 6.07 Å². The molecule has 1 aromatic carbocycles. The Morgan fingerprint density at radius 1 is 1.11 bits per heavy atom. The number of nitrogens with zero attached hydrogens (tertiary/aromatic N) is 5. The van der Waals surface area contributed by atoms with Gasteiger partial charge in [-0.3, -0.25) is 4.68 Å². The van der Waals surface area contributed by atoms with Gasteiger partial charge in [-0.25, -0.2) is 9.44 Å². The molecular weight excluding hydrogens is 490 g/mol. The third-order valence-electron chi connectivity index (χ3n) is 8.04. The van der Waals surface area contributed by atoms with Gasteiger partial charge in [0.15, 0.2) is 5.82 Å². The number of ether oxygens (including phenoxy) is 1. The van der Waals surface area contributed by atoms with Gasteiger partial charge in [0.1, 0.15) is 0 Å². The maximum atomic E-state index is 12.0. The number of aryl methyl sites for hydroxylation is 1. The maximum Gasteiger partial charge on any atom is 0.276 e. The van der Waals surface area contributed by atoms with Crippen molar-refractivity contribution in [3.05, 3.63) is 48.3 Å². The van der Waals surface area contributed by atoms with E-state index >= 15 is 0 Å². The first-order chi connectivity index (χ1) is 17.9. The first-order valence-corrected chi connectivity index (χ1v) is 14.6. The van der Waals surface area contributed by atoms with E-state index in [1.165, 1.54) is 18.0 Å². The van der Waals surface area contributed by atoms with Gasteiger partial charge in [-0.2, -0.15) is 18.6 Å². The highest BCUT2D eigenvalue weighted by atomic mass is 32.2. The Bertz CT molecular complexity index is 1280. The number of aromatic nitrogens is 4. The summed E-state index contributed by atoms with van der Waals surface area (Å²) in [6.45, 7) is 2.59. The van der Waals surface area contributed by atoms with Gasteiger partial charge in [0, 0.05) is 51.2 Å². The lowest BCUT2D eigenvalue weighted by Crippen LogP contribution is -2.48. The average Bonchev–Trinajstić information content (AvgIpc) is 3.31. The van der Waals surface area contributed by atoms with Crippen LogP contribution in [-0.2, 0) is 22.0 Å². The molecule has 2 fully saturated rings. The molecule has 3 heterocycles. The fourth-order valence-electron chi connectivity index (χ4n) is 5.76. The van der Waals surface area contributed by atoms with E-state index in [0.717, 1.165) is 56.5 Å². The summed E-state index contributed by atoms with van der Waals surface area (Å²) in [6.07, 6.45) is 9.00. The van der Waals surface area contributed by atoms with Crippen LogP contribution in [0.3, 0.4) is 0 Å². The van der Waals surface area contributed by atoms with Crippen LogP contribution in [0.25, 0.3) is 10.9 Å². The van der Waals surface area contributed by atoms with Crippen LogP contribution in [0.4, 0.5) is 5.82 Å². The molecule has 1 aliphatic carbocycles. The lowest BCUT2D eigenvalue weighted by Gasteiger charge is -2.40. The summed E-state index contributed by atoms with van der Waals surface area (Å²) in [7, 11) is -0.0733. The molecule has 0 radical (unpaired) electrons. The Kier molecular flexibility index (Phi) is 8.04. The molecule has 1 aliphatic heterocycles. The van der Waals surface area contributed by atoms with Crippen molar-refractivity contribution in [3.8, 4) is 0 Å². The van der Waals surface area contributed by atoms with E-state index in [-0.39, 0.29) is 17.9 Å². The number of nitrogens with one attached hydrogen (secondary N) is 2. The van der Waals surface area contributed by atoms with Crippen LogP contribution in [-0.4, -0.2) is 67.8 Å². The van der Waals surface area contributed by atoms with Gasteiger partial charge in [0.05, 0.1) is 24.4 Å². The van der Waals surface area contributed by atoms with Crippen LogP contribution in [0.15, 0.2) is 42.7 Å². The molecule has 0 amide bonds. The van der Waals surface area contributed by atoms with E-state index < -0.39 is 10.2 Å². The van der Waals surface area contributed by atoms with Gasteiger partial charge in [-0.05, 0) is 73.8 Å². The van der Waals surface area contributed by atoms with Crippen molar-refractivity contribution in [2.45, 2.75) is 44.1 Å². The number of piperidine rings is 1. The van der Waals surface area contributed by atoms with Gasteiger partial charge in [0.25, 0.3) is 10.2 Å². The third kappa shape index (κ3) is 6.28. The highest BCUT2D eigenvalue weighted by Crippen LogP contribution is 2.36. The number of hydrogen-bond donors (Lipinski definition) is 2. The largest absolute Gasteiger partial charge is 0.378 e. The Morgan fingerprint density at radius 2 is 1.95 bits per heavy atom. The standard InChI is InChI=1S/C26H37N7O3S/c1-27-37(34,35)30-16-21-11-13-33(26-4-3-12-28-31-26)17-23(21)18-36-24-8-5-19(6-9-24)20-7-10-25-22(14-20)15-29-32(25)2/h3-4,7,10,12,14-15,19,21,23-24,27,30H,5-6,8-9,11,13,16-18H2,1-2H3/t19?,21-,23+,24?/m1/s1. The van der Waals surface area contributed by atoms with Crippen molar-refractivity contribution in [2.75, 3.05) is 38.2 Å². The molecule has 11 heteroatoms. The molecule has 1 saturated heterocycles. The Labute approximate surface area is 219 Å². The minimum absolute atomic E-state index is 0.193. The fourth-order valence-corrected chi connectivity index (χ4v) is 6.33. The van der Waals surface area contributed by atoms with E-state index in [1.807, 2.05) is 30.1 Å². The quantitative estimate of drug-likeness (QED) is 0.440. The summed E-state index contributed by atoms with van der Waals surface area (Å²) in [5, 5.41) is 13.9.